The summed E-state index contributed by atoms with van der Waals surface area (Å²) in [5.41, 5.74) is 2.58. The van der Waals surface area contributed by atoms with E-state index in [9.17, 15) is 9.18 Å². The molecule has 6 heteroatoms. The lowest BCUT2D eigenvalue weighted by Gasteiger charge is -2.16. The topological polar surface area (TPSA) is 58.1 Å². The van der Waals surface area contributed by atoms with E-state index in [0.717, 1.165) is 22.0 Å². The first-order chi connectivity index (χ1) is 11.4. The number of aromatic nitrogens is 2. The molecule has 0 saturated carbocycles. The molecule has 0 aliphatic heterocycles. The molecule has 0 saturated heterocycles. The van der Waals surface area contributed by atoms with Gasteiger partial charge in [-0.25, -0.2) is 9.37 Å². The van der Waals surface area contributed by atoms with Gasteiger partial charge in [-0.2, -0.15) is 4.98 Å². The number of halogens is 1. The van der Waals surface area contributed by atoms with Crippen LogP contribution in [0.4, 0.5) is 16.2 Å². The molecule has 0 unspecified atom stereocenters. The van der Waals surface area contributed by atoms with Crippen LogP contribution in [0.25, 0.3) is 22.0 Å². The predicted molar refractivity (Wildman–Crippen MR) is 93.6 cm³/mol. The number of hydrogen-bond acceptors (Lipinski definition) is 4. The van der Waals surface area contributed by atoms with Crippen molar-refractivity contribution in [2.75, 3.05) is 24.3 Å². The fraction of sp³-hybridized carbons (Fsp3) is 0.167. The minimum absolute atomic E-state index is 0.220. The number of anilines is 2. The second-order valence-electron chi connectivity index (χ2n) is 5.69. The summed E-state index contributed by atoms with van der Waals surface area (Å²) in [6.45, 7) is 1.42. The van der Waals surface area contributed by atoms with Gasteiger partial charge < -0.3 is 4.90 Å². The van der Waals surface area contributed by atoms with E-state index in [4.69, 9.17) is 0 Å². The van der Waals surface area contributed by atoms with Crippen LogP contribution in [-0.2, 0) is 4.79 Å². The Kier molecular flexibility index (Phi) is 4.12. The zero-order valence-electron chi connectivity index (χ0n) is 13.7. The number of carbonyl (C=O) groups is 1. The van der Waals surface area contributed by atoms with Crippen LogP contribution in [0, 0.1) is 5.82 Å². The van der Waals surface area contributed by atoms with Crippen molar-refractivity contribution in [3.63, 3.8) is 0 Å². The summed E-state index contributed by atoms with van der Waals surface area (Å²) >= 11 is 0. The van der Waals surface area contributed by atoms with E-state index in [1.807, 2.05) is 37.2 Å². The highest BCUT2D eigenvalue weighted by Crippen LogP contribution is 2.29. The average Bonchev–Trinajstić information content (AvgIpc) is 2.53. The molecule has 3 rings (SSSR count). The zero-order chi connectivity index (χ0) is 17.3. The SMILES string of the molecule is CC(=O)Nc1nc(N(C)C)c2cc(-c3ccc(F)cc3)ccc2n1. The first kappa shape index (κ1) is 15.9. The van der Waals surface area contributed by atoms with Gasteiger partial charge in [0.25, 0.3) is 0 Å². The van der Waals surface area contributed by atoms with Crippen LogP contribution < -0.4 is 10.2 Å². The van der Waals surface area contributed by atoms with Crippen molar-refractivity contribution in [2.24, 2.45) is 0 Å². The van der Waals surface area contributed by atoms with E-state index in [2.05, 4.69) is 15.3 Å². The molecule has 0 bridgehead atoms. The summed E-state index contributed by atoms with van der Waals surface area (Å²) in [5, 5.41) is 3.47. The van der Waals surface area contributed by atoms with Crippen molar-refractivity contribution in [3.05, 3.63) is 48.3 Å². The smallest absolute Gasteiger partial charge is 0.231 e. The third kappa shape index (κ3) is 3.17. The molecule has 0 radical (unpaired) electrons. The summed E-state index contributed by atoms with van der Waals surface area (Å²) in [6, 6.07) is 12.1. The second-order valence-corrected chi connectivity index (χ2v) is 5.69. The molecule has 1 aromatic heterocycles. The van der Waals surface area contributed by atoms with E-state index in [1.54, 1.807) is 12.1 Å². The van der Waals surface area contributed by atoms with Crippen LogP contribution in [0.5, 0.6) is 0 Å². The van der Waals surface area contributed by atoms with Crippen molar-refractivity contribution >= 4 is 28.6 Å². The van der Waals surface area contributed by atoms with Crippen molar-refractivity contribution < 1.29 is 9.18 Å². The molecule has 0 aliphatic rings. The Morgan fingerprint density at radius 1 is 1.04 bits per heavy atom. The summed E-state index contributed by atoms with van der Waals surface area (Å²) in [6.07, 6.45) is 0. The number of nitrogens with zero attached hydrogens (tertiary/aromatic N) is 3. The van der Waals surface area contributed by atoms with Gasteiger partial charge in [0.05, 0.1) is 5.52 Å². The molecule has 3 aromatic rings. The second kappa shape index (κ2) is 6.23. The Hall–Kier alpha value is -3.02. The van der Waals surface area contributed by atoms with E-state index < -0.39 is 0 Å². The third-order valence-corrected chi connectivity index (χ3v) is 3.56. The van der Waals surface area contributed by atoms with Gasteiger partial charge in [-0.3, -0.25) is 10.1 Å². The number of fused-ring (bicyclic) bond motifs is 1. The van der Waals surface area contributed by atoms with Crippen molar-refractivity contribution in [2.45, 2.75) is 6.92 Å². The van der Waals surface area contributed by atoms with Gasteiger partial charge in [-0.1, -0.05) is 18.2 Å². The maximum Gasteiger partial charge on any atom is 0.231 e. The van der Waals surface area contributed by atoms with Crippen LogP contribution in [0.15, 0.2) is 42.5 Å². The number of nitrogens with one attached hydrogen (secondary N) is 1. The lowest BCUT2D eigenvalue weighted by Crippen LogP contribution is -2.15. The molecule has 1 amide bonds. The standard InChI is InChI=1S/C18H17FN4O/c1-11(24)20-18-21-16-9-6-13(12-4-7-14(19)8-5-12)10-15(16)17(22-18)23(2)3/h4-10H,1-3H3,(H,20,21,22,24). The van der Waals surface area contributed by atoms with E-state index in [1.165, 1.54) is 19.1 Å². The van der Waals surface area contributed by atoms with E-state index >= 15 is 0 Å². The fourth-order valence-corrected chi connectivity index (χ4v) is 2.49. The molecule has 0 spiro atoms. The number of carbonyl (C=O) groups excluding carboxylic acids is 1. The quantitative estimate of drug-likeness (QED) is 0.801. The summed E-state index contributed by atoms with van der Waals surface area (Å²) in [5.74, 6) is 0.486. The molecule has 24 heavy (non-hydrogen) atoms. The highest BCUT2D eigenvalue weighted by Gasteiger charge is 2.12. The highest BCUT2D eigenvalue weighted by molar-refractivity contribution is 5.95. The number of hydrogen-bond donors (Lipinski definition) is 1. The Labute approximate surface area is 139 Å². The molecule has 0 fully saturated rings. The monoisotopic (exact) mass is 324 g/mol. The Morgan fingerprint density at radius 3 is 2.33 bits per heavy atom. The summed E-state index contributed by atoms with van der Waals surface area (Å²) in [4.78, 5) is 21.9. The van der Waals surface area contributed by atoms with Crippen molar-refractivity contribution in [1.29, 1.82) is 0 Å². The van der Waals surface area contributed by atoms with Crippen LogP contribution >= 0.6 is 0 Å². The van der Waals surface area contributed by atoms with Gasteiger partial charge in [-0.15, -0.1) is 0 Å². The zero-order valence-corrected chi connectivity index (χ0v) is 13.7. The normalized spacial score (nSPS) is 10.7. The minimum atomic E-state index is -0.267. The van der Waals surface area contributed by atoms with Gasteiger partial charge >= 0.3 is 0 Å². The van der Waals surface area contributed by atoms with Crippen LogP contribution in [0.3, 0.4) is 0 Å². The molecule has 5 nitrogen and oxygen atoms in total. The highest BCUT2D eigenvalue weighted by atomic mass is 19.1. The average molecular weight is 324 g/mol. The van der Waals surface area contributed by atoms with Crippen LogP contribution in [0.1, 0.15) is 6.92 Å². The Balaban J connectivity index is 2.16. The lowest BCUT2D eigenvalue weighted by atomic mass is 10.0. The van der Waals surface area contributed by atoms with Gasteiger partial charge in [0.1, 0.15) is 11.6 Å². The fourth-order valence-electron chi connectivity index (χ4n) is 2.49. The minimum Gasteiger partial charge on any atom is -0.362 e. The molecular formula is C18H17FN4O. The molecule has 2 aromatic carbocycles. The van der Waals surface area contributed by atoms with E-state index in [-0.39, 0.29) is 17.7 Å². The molecular weight excluding hydrogens is 307 g/mol. The Bertz CT molecular complexity index is 907. The van der Waals surface area contributed by atoms with Gasteiger partial charge in [-0.05, 0) is 35.4 Å². The molecule has 122 valence electrons. The largest absolute Gasteiger partial charge is 0.362 e. The maximum atomic E-state index is 13.1. The first-order valence-electron chi connectivity index (χ1n) is 7.46. The van der Waals surface area contributed by atoms with Crippen molar-refractivity contribution in [1.82, 2.24) is 9.97 Å². The first-order valence-corrected chi connectivity index (χ1v) is 7.46. The molecule has 1 heterocycles. The molecule has 0 atom stereocenters. The van der Waals surface area contributed by atoms with Gasteiger partial charge in [0.2, 0.25) is 11.9 Å². The van der Waals surface area contributed by atoms with Gasteiger partial charge in [0.15, 0.2) is 0 Å². The molecule has 1 N–H and O–H groups in total. The van der Waals surface area contributed by atoms with Crippen LogP contribution in [-0.4, -0.2) is 30.0 Å². The van der Waals surface area contributed by atoms with Gasteiger partial charge in [0, 0.05) is 26.4 Å². The lowest BCUT2D eigenvalue weighted by molar-refractivity contribution is -0.114. The van der Waals surface area contributed by atoms with E-state index in [0.29, 0.717) is 5.82 Å². The van der Waals surface area contributed by atoms with Crippen LogP contribution in [0.2, 0.25) is 0 Å². The number of rotatable bonds is 3. The molecule has 0 aliphatic carbocycles. The predicted octanol–water partition coefficient (Wildman–Crippen LogP) is 3.46. The summed E-state index contributed by atoms with van der Waals surface area (Å²) < 4.78 is 13.1. The Morgan fingerprint density at radius 2 is 1.71 bits per heavy atom. The number of benzene rings is 2. The third-order valence-electron chi connectivity index (χ3n) is 3.56. The maximum absolute atomic E-state index is 13.1. The van der Waals surface area contributed by atoms with Crippen molar-refractivity contribution in [3.8, 4) is 11.1 Å². The summed E-state index contributed by atoms with van der Waals surface area (Å²) in [7, 11) is 3.76. The number of amides is 1.